The molecule has 0 fully saturated rings. The maximum atomic E-state index is 10.2. The van der Waals surface area contributed by atoms with Crippen LogP contribution in [0.15, 0.2) is 0 Å². The van der Waals surface area contributed by atoms with Gasteiger partial charge in [-0.1, -0.05) is 26.7 Å². The molecule has 0 radical (unpaired) electrons. The Morgan fingerprint density at radius 2 is 2.20 bits per heavy atom. The smallest absolute Gasteiger partial charge is 1.00 e. The van der Waals surface area contributed by atoms with Crippen LogP contribution < -0.4 is 0 Å². The molecular weight excluding hydrogens is 140 g/mol. The minimum Gasteiger partial charge on any atom is -1.00 e. The van der Waals surface area contributed by atoms with Crippen LogP contribution in [0.4, 0.5) is 0 Å². The molecule has 0 rings (SSSR count). The summed E-state index contributed by atoms with van der Waals surface area (Å²) in [6, 6.07) is 0. The first kappa shape index (κ1) is 12.9. The second-order valence-corrected chi connectivity index (χ2v) is 2.38. The van der Waals surface area contributed by atoms with Gasteiger partial charge in [-0.3, -0.25) is 4.79 Å². The molecule has 0 spiro atoms. The van der Waals surface area contributed by atoms with Crippen molar-refractivity contribution in [3.05, 3.63) is 0 Å². The number of carboxylic acids is 1. The zero-order valence-corrected chi connectivity index (χ0v) is 8.18. The van der Waals surface area contributed by atoms with Gasteiger partial charge in [-0.15, -0.1) is 0 Å². The van der Waals surface area contributed by atoms with Gasteiger partial charge in [-0.2, -0.15) is 0 Å². The average molecular weight is 157 g/mol. The van der Waals surface area contributed by atoms with Crippen molar-refractivity contribution in [3.63, 3.8) is 0 Å². The summed E-state index contributed by atoms with van der Waals surface area (Å²) in [5.74, 6) is -0.839. The zero-order chi connectivity index (χ0) is 7.28. The van der Waals surface area contributed by atoms with E-state index in [1.807, 2.05) is 0 Å². The van der Waals surface area contributed by atoms with Gasteiger partial charge in [0.25, 0.3) is 0 Å². The molecule has 0 saturated carbocycles. The van der Waals surface area contributed by atoms with Gasteiger partial charge in [0.05, 0.1) is 5.92 Å². The summed E-state index contributed by atoms with van der Waals surface area (Å²) in [6.07, 6.45) is 2.91. The molecular formula is C7H16MgO2. The number of carbonyl (C=O) groups is 1. The van der Waals surface area contributed by atoms with Crippen LogP contribution in [0, 0.1) is 5.92 Å². The van der Waals surface area contributed by atoms with Crippen LogP contribution in [0.3, 0.4) is 0 Å². The van der Waals surface area contributed by atoms with Gasteiger partial charge in [0.1, 0.15) is 0 Å². The van der Waals surface area contributed by atoms with E-state index in [-0.39, 0.29) is 31.8 Å². The number of rotatable bonds is 4. The van der Waals surface area contributed by atoms with E-state index in [4.69, 9.17) is 5.11 Å². The molecule has 1 N–H and O–H groups in total. The minimum absolute atomic E-state index is 0. The van der Waals surface area contributed by atoms with Crippen molar-refractivity contribution in [3.8, 4) is 0 Å². The Kier molecular flexibility index (Phi) is 9.45. The fraction of sp³-hybridized carbons (Fsp3) is 0.857. The first-order valence-electron chi connectivity index (χ1n) is 3.41. The van der Waals surface area contributed by atoms with Gasteiger partial charge >= 0.3 is 29.0 Å². The van der Waals surface area contributed by atoms with Gasteiger partial charge in [0.15, 0.2) is 0 Å². The number of hydrogen-bond acceptors (Lipinski definition) is 1. The van der Waals surface area contributed by atoms with Gasteiger partial charge in [0, 0.05) is 0 Å². The van der Waals surface area contributed by atoms with Crippen molar-refractivity contribution in [1.82, 2.24) is 0 Å². The SMILES string of the molecule is CCCCC(C)C(=O)O.[H-].[H-].[Mg+2]. The van der Waals surface area contributed by atoms with Crippen LogP contribution in [-0.2, 0) is 4.79 Å². The van der Waals surface area contributed by atoms with E-state index in [1.54, 1.807) is 6.92 Å². The van der Waals surface area contributed by atoms with E-state index in [0.29, 0.717) is 0 Å². The van der Waals surface area contributed by atoms with Crippen molar-refractivity contribution in [1.29, 1.82) is 0 Å². The van der Waals surface area contributed by atoms with Crippen molar-refractivity contribution >= 4 is 29.0 Å². The summed E-state index contributed by atoms with van der Waals surface area (Å²) in [4.78, 5) is 10.2. The van der Waals surface area contributed by atoms with Crippen LogP contribution in [0.2, 0.25) is 0 Å². The summed E-state index contributed by atoms with van der Waals surface area (Å²) in [5, 5.41) is 8.41. The van der Waals surface area contributed by atoms with Crippen LogP contribution in [0.25, 0.3) is 0 Å². The molecule has 0 aromatic carbocycles. The molecule has 0 saturated heterocycles. The van der Waals surface area contributed by atoms with Gasteiger partial charge < -0.3 is 7.96 Å². The van der Waals surface area contributed by atoms with Crippen LogP contribution in [0.1, 0.15) is 36.0 Å². The molecule has 0 aliphatic rings. The summed E-state index contributed by atoms with van der Waals surface area (Å²) >= 11 is 0. The Balaban J connectivity index is -0.000000107. The number of unbranched alkanes of at least 4 members (excludes halogenated alkanes) is 1. The van der Waals surface area contributed by atoms with Crippen molar-refractivity contribution in [2.75, 3.05) is 0 Å². The van der Waals surface area contributed by atoms with E-state index in [1.165, 1.54) is 0 Å². The predicted octanol–water partition coefficient (Wildman–Crippen LogP) is 1.74. The third kappa shape index (κ3) is 6.36. The fourth-order valence-electron chi connectivity index (χ4n) is 0.634. The molecule has 10 heavy (non-hydrogen) atoms. The largest absolute Gasteiger partial charge is 2.00 e. The molecule has 0 bridgehead atoms. The van der Waals surface area contributed by atoms with E-state index in [9.17, 15) is 4.79 Å². The normalized spacial score (nSPS) is 11.8. The van der Waals surface area contributed by atoms with Crippen molar-refractivity contribution in [2.24, 2.45) is 5.92 Å². The number of hydrogen-bond donors (Lipinski definition) is 1. The molecule has 1 unspecified atom stereocenters. The van der Waals surface area contributed by atoms with Crippen LogP contribution in [0.5, 0.6) is 0 Å². The van der Waals surface area contributed by atoms with E-state index < -0.39 is 5.97 Å². The molecule has 0 aliphatic carbocycles. The van der Waals surface area contributed by atoms with Crippen molar-refractivity contribution < 1.29 is 12.8 Å². The summed E-state index contributed by atoms with van der Waals surface area (Å²) < 4.78 is 0. The molecule has 1 atom stereocenters. The average Bonchev–Trinajstić information content (AvgIpc) is 1.82. The molecule has 0 heterocycles. The second kappa shape index (κ2) is 7.34. The minimum atomic E-state index is -0.677. The third-order valence-electron chi connectivity index (χ3n) is 1.41. The Bertz CT molecular complexity index is 101. The summed E-state index contributed by atoms with van der Waals surface area (Å²) in [6.45, 7) is 3.81. The summed E-state index contributed by atoms with van der Waals surface area (Å²) in [7, 11) is 0. The van der Waals surface area contributed by atoms with Gasteiger partial charge in [-0.05, 0) is 6.42 Å². The van der Waals surface area contributed by atoms with E-state index >= 15 is 0 Å². The molecule has 2 nitrogen and oxygen atoms in total. The van der Waals surface area contributed by atoms with E-state index in [2.05, 4.69) is 6.92 Å². The first-order valence-corrected chi connectivity index (χ1v) is 3.41. The Labute approximate surface area is 81.1 Å². The quantitative estimate of drug-likeness (QED) is 0.630. The molecule has 0 aliphatic heterocycles. The first-order chi connectivity index (χ1) is 4.18. The third-order valence-corrected chi connectivity index (χ3v) is 1.41. The van der Waals surface area contributed by atoms with Crippen molar-refractivity contribution in [2.45, 2.75) is 33.1 Å². The monoisotopic (exact) mass is 156 g/mol. The Morgan fingerprint density at radius 1 is 1.70 bits per heavy atom. The molecule has 0 aromatic heterocycles. The predicted molar refractivity (Wildman–Crippen MR) is 44.3 cm³/mol. The Hall–Kier alpha value is 0.236. The topological polar surface area (TPSA) is 37.3 Å². The van der Waals surface area contributed by atoms with Crippen LogP contribution in [-0.4, -0.2) is 34.1 Å². The van der Waals surface area contributed by atoms with Gasteiger partial charge in [-0.25, -0.2) is 0 Å². The van der Waals surface area contributed by atoms with Crippen LogP contribution >= 0.6 is 0 Å². The second-order valence-electron chi connectivity index (χ2n) is 2.38. The molecule has 58 valence electrons. The maximum Gasteiger partial charge on any atom is 2.00 e. The summed E-state index contributed by atoms with van der Waals surface area (Å²) in [5.41, 5.74) is 0. The zero-order valence-electron chi connectivity index (χ0n) is 8.76. The van der Waals surface area contributed by atoms with Gasteiger partial charge in [0.2, 0.25) is 0 Å². The molecule has 3 heteroatoms. The standard InChI is InChI=1S/C7H14O2.Mg.2H/c1-3-4-5-6(2)7(8)9;;;/h6H,3-5H2,1-2H3,(H,8,9);;;/q;+2;2*-1. The number of carboxylic acid groups (broad SMARTS) is 1. The molecule has 0 amide bonds. The number of aliphatic carboxylic acids is 1. The maximum absolute atomic E-state index is 10.2. The van der Waals surface area contributed by atoms with E-state index in [0.717, 1.165) is 19.3 Å². The fourth-order valence-corrected chi connectivity index (χ4v) is 0.634. The molecule has 0 aromatic rings. The Morgan fingerprint density at radius 3 is 2.50 bits per heavy atom.